The van der Waals surface area contributed by atoms with Crippen LogP contribution >= 0.6 is 46.4 Å². The molecule has 43 nitrogen and oxygen atoms in total. The first-order chi connectivity index (χ1) is 71.2. The lowest BCUT2D eigenvalue weighted by atomic mass is 9.80. The van der Waals surface area contributed by atoms with E-state index in [1.807, 2.05) is 99.9 Å². The molecule has 1 atom stereocenters. The number of carbonyl (C=O) groups is 3. The fourth-order valence-corrected chi connectivity index (χ4v) is 21.2. The Kier molecular flexibility index (Phi) is 36.5. The minimum atomic E-state index is -3.63. The summed E-state index contributed by atoms with van der Waals surface area (Å²) in [5.74, 6) is 2.42. The zero-order valence-corrected chi connectivity index (χ0v) is 88.0. The van der Waals surface area contributed by atoms with Crippen LogP contribution in [0, 0.1) is 11.3 Å². The number of rotatable bonds is 26. The number of amides is 3. The van der Waals surface area contributed by atoms with Crippen LogP contribution in [0.4, 0.5) is 34.4 Å². The molecule has 8 aliphatic heterocycles. The summed E-state index contributed by atoms with van der Waals surface area (Å²) in [6.45, 7) is 18.5. The zero-order valence-electron chi connectivity index (χ0n) is 82.5. The van der Waals surface area contributed by atoms with Crippen LogP contribution in [0.15, 0.2) is 295 Å². The highest BCUT2D eigenvalue weighted by molar-refractivity contribution is 7.87. The minimum Gasteiger partial charge on any atom is -0.497 e. The number of nitrogens with one attached hydrogen (secondary N) is 7. The van der Waals surface area contributed by atoms with Gasteiger partial charge in [0.15, 0.2) is 11.5 Å². The number of nitrogens with two attached hydrogens (primary N) is 1. The second-order valence-electron chi connectivity index (χ2n) is 36.2. The van der Waals surface area contributed by atoms with Crippen molar-refractivity contribution in [3.63, 3.8) is 0 Å². The highest BCUT2D eigenvalue weighted by Gasteiger charge is 2.41. The SMILES string of the molecule is CC(C)(NS(=O)(=O)N1CCN(c2ccc(C#N)cn2)CC1)C1=CN=NC1.CC(C)(NS(=O)(=O)N1CCN(c2ccc(Cl)cc2)CC1)C1=CN=NC1.CC(C)(NS(=O)(=O)N1CCN(c2ccc(Cl)cn2)CC1)C1=CN=NC1.CN(C)C(=O)c1cc(-c2cn[nH]n2)ccc1NC(=O)C1COc2ccccc2O1.COc1ccc(C(=O)Nc2cc(-c3cn[nH]n3)ccc2N)cc1.OC(C1=CN=NC1)(c1ccc(Cl)cc1)c1ccc(Cl)cc1. The van der Waals surface area contributed by atoms with Gasteiger partial charge in [0.1, 0.15) is 47.1 Å². The molecular weight excluding hydrogens is 2060 g/mol. The van der Waals surface area contributed by atoms with E-state index in [4.69, 9.17) is 71.6 Å². The first kappa shape index (κ1) is 110. The van der Waals surface area contributed by atoms with Crippen LogP contribution in [0.3, 0.4) is 0 Å². The van der Waals surface area contributed by atoms with Crippen LogP contribution in [0.5, 0.6) is 17.2 Å². The van der Waals surface area contributed by atoms with Gasteiger partial charge >= 0.3 is 0 Å². The molecule has 0 spiro atoms. The summed E-state index contributed by atoms with van der Waals surface area (Å²) in [5.41, 5.74) is 13.7. The third kappa shape index (κ3) is 28.8. The number of piperazine rings is 3. The van der Waals surface area contributed by atoms with E-state index in [0.717, 1.165) is 39.6 Å². The number of nitrogens with zero attached hydrogens (tertiary/aromatic N) is 22. The molecule has 4 aromatic heterocycles. The van der Waals surface area contributed by atoms with E-state index < -0.39 is 64.9 Å². The Bertz CT molecular complexity index is 7030. The summed E-state index contributed by atoms with van der Waals surface area (Å²) in [7, 11) is -5.94. The van der Waals surface area contributed by atoms with E-state index in [9.17, 15) is 44.7 Å². The minimum absolute atomic E-state index is 0.0802. The highest BCUT2D eigenvalue weighted by Crippen LogP contribution is 2.41. The number of methoxy groups -OCH3 is 1. The van der Waals surface area contributed by atoms with Gasteiger partial charge in [0.2, 0.25) is 6.10 Å². The number of azo groups is 4. The largest absolute Gasteiger partial charge is 0.497 e. The molecule has 7 aromatic carbocycles. The first-order valence-corrected chi connectivity index (χ1v) is 52.5. The van der Waals surface area contributed by atoms with Gasteiger partial charge in [0.05, 0.1) is 120 Å². The smallest absolute Gasteiger partial charge is 0.280 e. The average molecular weight is 2170 g/mol. The predicted molar refractivity (Wildman–Crippen MR) is 569 cm³/mol. The van der Waals surface area contributed by atoms with E-state index in [1.165, 1.54) is 24.0 Å². The number of para-hydroxylation sites is 2. The Hall–Kier alpha value is -14.3. The first-order valence-electron chi connectivity index (χ1n) is 46.6. The third-order valence-corrected chi connectivity index (χ3v) is 31.1. The van der Waals surface area contributed by atoms with Gasteiger partial charge < -0.3 is 55.3 Å². The highest BCUT2D eigenvalue weighted by atomic mass is 35.5. The number of halogens is 4. The molecule has 50 heteroatoms. The molecule has 12 heterocycles. The molecule has 11 aromatic rings. The van der Waals surface area contributed by atoms with Crippen LogP contribution in [-0.4, -0.2) is 262 Å². The van der Waals surface area contributed by atoms with Crippen LogP contribution in [0.1, 0.15) is 78.9 Å². The number of ether oxygens (including phenoxy) is 3. The molecule has 1 unspecified atom stereocenters. The number of H-pyrrole nitrogens is 2. The topological polar surface area (TPSA) is 542 Å². The monoisotopic (exact) mass is 2160 g/mol. The number of anilines is 6. The van der Waals surface area contributed by atoms with Crippen molar-refractivity contribution in [1.29, 1.82) is 5.26 Å². The Balaban J connectivity index is 0.000000141. The molecule has 8 aliphatic rings. The van der Waals surface area contributed by atoms with Crippen molar-refractivity contribution in [2.24, 2.45) is 40.9 Å². The summed E-state index contributed by atoms with van der Waals surface area (Å²) < 4.78 is 106. The fourth-order valence-electron chi connectivity index (χ4n) is 16.0. The van der Waals surface area contributed by atoms with Crippen molar-refractivity contribution in [2.45, 2.75) is 69.9 Å². The lowest BCUT2D eigenvalue weighted by Gasteiger charge is -2.37. The molecule has 3 saturated heterocycles. The molecule has 3 amide bonds. The average Bonchev–Trinajstić information content (AvgIpc) is 1.75. The number of nitrogen functional groups attached to an aromatic ring is 1. The maximum atomic E-state index is 12.8. The lowest BCUT2D eigenvalue weighted by Crippen LogP contribution is -2.56. The maximum Gasteiger partial charge on any atom is 0.280 e. The third-order valence-electron chi connectivity index (χ3n) is 24.6. The Morgan fingerprint density at radius 3 is 1.34 bits per heavy atom. The molecule has 780 valence electrons. The summed E-state index contributed by atoms with van der Waals surface area (Å²) in [4.78, 5) is 54.0. The van der Waals surface area contributed by atoms with E-state index in [-0.39, 0.29) is 18.4 Å². The number of aliphatic hydroxyl groups is 1. The van der Waals surface area contributed by atoms with Crippen molar-refractivity contribution in [3.8, 4) is 45.8 Å². The Morgan fingerprint density at radius 2 is 0.926 bits per heavy atom. The normalized spacial score (nSPS) is 16.2. The lowest BCUT2D eigenvalue weighted by molar-refractivity contribution is -0.125. The number of aromatic nitrogens is 8. The van der Waals surface area contributed by atoms with Crippen molar-refractivity contribution >= 4 is 129 Å². The number of carbonyl (C=O) groups excluding carboxylic acids is 3. The molecule has 19 rings (SSSR count). The van der Waals surface area contributed by atoms with Gasteiger partial charge in [-0.05, 0) is 203 Å². The van der Waals surface area contributed by atoms with Gasteiger partial charge in [0.25, 0.3) is 48.3 Å². The number of hydrogen-bond donors (Lipinski definition) is 9. The molecule has 3 fully saturated rings. The van der Waals surface area contributed by atoms with E-state index in [2.05, 4.69) is 111 Å². The zero-order chi connectivity index (χ0) is 106. The van der Waals surface area contributed by atoms with Gasteiger partial charge in [-0.2, -0.15) is 129 Å². The number of aromatic amines is 2. The van der Waals surface area contributed by atoms with Crippen molar-refractivity contribution < 1.29 is 59.0 Å². The summed E-state index contributed by atoms with van der Waals surface area (Å²) >= 11 is 23.6. The molecule has 10 N–H and O–H groups in total. The van der Waals surface area contributed by atoms with Crippen molar-refractivity contribution in [1.82, 2.24) is 72.8 Å². The Labute approximate surface area is 882 Å². The second kappa shape index (κ2) is 49.2. The molecule has 0 radical (unpaired) electrons. The molecule has 0 saturated carbocycles. The number of fused-ring (bicyclic) bond motifs is 1. The number of benzene rings is 7. The fraction of sp³-hybridized carbons (Fsp3) is 0.313. The molecule has 0 aliphatic carbocycles. The standard InChI is InChI=1S/C20H19N5O4.C16H12Cl2N2O.C16H22ClN5O2S.C16H21N7O2S.C16H15N5O2.C15H21ClN6O2S/c1-25(2)20(27)13-9-12(15-10-21-24-23-15)7-8-14(13)22-19(26)18-11-28-16-5-3-4-6-17(16)29-18;17-14-5-1-11(2-6-14)16(21,13-9-19-20-10-13)12-3-7-15(18)8-4-12;1-16(2,13-11-18-19-12-13)20-25(23,24)22-9-7-21(8-10-22)15-5-3-14(17)4-6-15;1-16(2,14-11-19-20-12-14)21-26(24,25)23-7-5-22(6-8-23)15-4-3-13(9-17)10-18-15;1-23-12-5-2-10(3-6-12)16(22)19-14-8-11(4-7-13(14)17)15-9-18-21-20-15;1-15(2,12-9-18-19-10-12)20-25(23,24)22-7-5-21(6-8-22)14-4-3-13(16)11-17-14/h3-10,18H,11H2,1-2H3,(H,22,26)(H,21,23,24);1-9,21H,10H2;3-6,11,20H,7-10,12H2,1-2H3;3-4,10-11,21H,5-8,12H2,1-2H3;2-9H,17H2,1H3,(H,19,22)(H,18,20,21);3-4,9,11,20H,5-8,10H2,1-2H3. The van der Waals surface area contributed by atoms with Crippen LogP contribution in [0.2, 0.25) is 20.1 Å². The van der Waals surface area contributed by atoms with Gasteiger partial charge in [0, 0.05) is 148 Å². The van der Waals surface area contributed by atoms with Crippen molar-refractivity contribution in [3.05, 3.63) is 302 Å². The summed E-state index contributed by atoms with van der Waals surface area (Å²) in [5, 5.41) is 79.9. The van der Waals surface area contributed by atoms with E-state index in [0.29, 0.717) is 209 Å². The summed E-state index contributed by atoms with van der Waals surface area (Å²) in [6, 6.07) is 55.3. The van der Waals surface area contributed by atoms with Crippen molar-refractivity contribution in [2.75, 3.05) is 164 Å². The number of pyridine rings is 2. The Morgan fingerprint density at radius 1 is 0.497 bits per heavy atom. The quantitative estimate of drug-likeness (QED) is 0.0227. The summed E-state index contributed by atoms with van der Waals surface area (Å²) in [6.07, 6.45) is 11.9. The van der Waals surface area contributed by atoms with Gasteiger partial charge in [-0.25, -0.2) is 9.97 Å². The maximum absolute atomic E-state index is 12.8. The second-order valence-corrected chi connectivity index (χ2v) is 43.0. The van der Waals surface area contributed by atoms with Crippen LogP contribution < -0.4 is 59.4 Å². The van der Waals surface area contributed by atoms with Gasteiger partial charge in [-0.1, -0.05) is 94.9 Å². The van der Waals surface area contributed by atoms with Crippen LogP contribution in [0.25, 0.3) is 22.5 Å². The predicted octanol–water partition coefficient (Wildman–Crippen LogP) is 14.1. The molecular formula is C99H110Cl4N30O13S3. The van der Waals surface area contributed by atoms with Crippen LogP contribution in [-0.2, 0) is 41.0 Å². The van der Waals surface area contributed by atoms with E-state index in [1.54, 1.807) is 204 Å². The molecule has 149 heavy (non-hydrogen) atoms. The van der Waals surface area contributed by atoms with Gasteiger partial charge in [-0.15, -0.1) is 0 Å². The van der Waals surface area contributed by atoms with Gasteiger partial charge in [-0.3, -0.25) is 14.4 Å². The number of nitriles is 1. The number of hydrogen-bond acceptors (Lipinski definition) is 32. The van der Waals surface area contributed by atoms with E-state index >= 15 is 0 Å². The molecule has 0 bridgehead atoms.